The van der Waals surface area contributed by atoms with Crippen molar-refractivity contribution >= 4 is 22.6 Å². The van der Waals surface area contributed by atoms with Crippen LogP contribution in [-0.2, 0) is 11.3 Å². The lowest BCUT2D eigenvalue weighted by Gasteiger charge is -2.33. The van der Waals surface area contributed by atoms with Crippen molar-refractivity contribution in [2.45, 2.75) is 31.9 Å². The summed E-state index contributed by atoms with van der Waals surface area (Å²) in [6.07, 6.45) is 4.20. The lowest BCUT2D eigenvalue weighted by atomic mass is 9.81. The number of amides is 1. The van der Waals surface area contributed by atoms with Gasteiger partial charge >= 0.3 is 6.61 Å². The number of fused-ring (bicyclic) bond motifs is 1. The van der Waals surface area contributed by atoms with E-state index in [-0.39, 0.29) is 23.6 Å². The fraction of sp³-hybridized carbons (Fsp3) is 0.375. The van der Waals surface area contributed by atoms with E-state index in [1.165, 1.54) is 16.8 Å². The van der Waals surface area contributed by atoms with Gasteiger partial charge in [0, 0.05) is 24.1 Å². The largest absolute Gasteiger partial charge is 0.433 e. The van der Waals surface area contributed by atoms with Crippen LogP contribution in [0.5, 0.6) is 5.75 Å². The van der Waals surface area contributed by atoms with Crippen LogP contribution in [0.15, 0.2) is 18.2 Å². The topological polar surface area (TPSA) is 56.2 Å². The molecule has 1 amide bonds. The maximum atomic E-state index is 12.9. The first-order valence-corrected chi connectivity index (χ1v) is 7.37. The van der Waals surface area contributed by atoms with Gasteiger partial charge in [-0.25, -0.2) is 13.5 Å². The Bertz CT molecular complexity index is 849. The van der Waals surface area contributed by atoms with Gasteiger partial charge in [0.1, 0.15) is 12.1 Å². The van der Waals surface area contributed by atoms with Crippen molar-refractivity contribution in [2.75, 3.05) is 5.32 Å². The van der Waals surface area contributed by atoms with Crippen LogP contribution in [0.25, 0.3) is 10.9 Å². The van der Waals surface area contributed by atoms with E-state index in [2.05, 4.69) is 21.1 Å². The van der Waals surface area contributed by atoms with Crippen molar-refractivity contribution in [3.63, 3.8) is 0 Å². The summed E-state index contributed by atoms with van der Waals surface area (Å²) < 4.78 is 56.7. The second-order valence-electron chi connectivity index (χ2n) is 5.69. The summed E-state index contributed by atoms with van der Waals surface area (Å²) in [5.74, 6) is -2.01. The number of para-hydroxylation sites is 1. The number of rotatable bonds is 5. The monoisotopic (exact) mass is 355 g/mol. The number of ether oxygens (including phenoxy) is 1. The first-order chi connectivity index (χ1) is 11.8. The molecule has 2 aromatic rings. The minimum Gasteiger partial charge on any atom is -0.433 e. The molecule has 1 aliphatic rings. The second kappa shape index (κ2) is 6.27. The molecule has 0 bridgehead atoms. The summed E-state index contributed by atoms with van der Waals surface area (Å²) in [5.41, 5.74) is 0.190. The van der Waals surface area contributed by atoms with E-state index >= 15 is 0 Å². The normalized spacial score (nSPS) is 16.5. The van der Waals surface area contributed by atoms with Gasteiger partial charge < -0.3 is 10.1 Å². The Morgan fingerprint density at radius 2 is 2.20 bits per heavy atom. The van der Waals surface area contributed by atoms with Gasteiger partial charge in [0.15, 0.2) is 11.6 Å². The Morgan fingerprint density at radius 3 is 2.80 bits per heavy atom. The highest BCUT2D eigenvalue weighted by Gasteiger charge is 2.48. The molecule has 0 saturated heterocycles. The molecule has 1 aromatic heterocycles. The Morgan fingerprint density at radius 1 is 1.48 bits per heavy atom. The number of alkyl halides is 4. The molecule has 5 nitrogen and oxygen atoms in total. The predicted octanol–water partition coefficient (Wildman–Crippen LogP) is 3.25. The van der Waals surface area contributed by atoms with E-state index < -0.39 is 37.2 Å². The molecule has 1 aromatic carbocycles. The molecule has 9 heteroatoms. The van der Waals surface area contributed by atoms with Crippen molar-refractivity contribution in [1.82, 2.24) is 9.78 Å². The van der Waals surface area contributed by atoms with Gasteiger partial charge in [0.25, 0.3) is 0 Å². The second-order valence-corrected chi connectivity index (χ2v) is 5.69. The number of hydrogen-bond donors (Lipinski definition) is 1. The summed E-state index contributed by atoms with van der Waals surface area (Å²) in [7, 11) is 0. The number of hydrogen-bond acceptors (Lipinski definition) is 3. The number of carbonyl (C=O) groups is 1. The highest BCUT2D eigenvalue weighted by atomic mass is 19.3. The quantitative estimate of drug-likeness (QED) is 0.662. The van der Waals surface area contributed by atoms with Gasteiger partial charge in [-0.1, -0.05) is 12.0 Å². The van der Waals surface area contributed by atoms with Gasteiger partial charge in [-0.2, -0.15) is 13.9 Å². The van der Waals surface area contributed by atoms with Crippen LogP contribution in [0.2, 0.25) is 0 Å². The third-order valence-corrected chi connectivity index (χ3v) is 3.89. The van der Waals surface area contributed by atoms with Crippen molar-refractivity contribution in [1.29, 1.82) is 0 Å². The Kier molecular flexibility index (Phi) is 4.29. The summed E-state index contributed by atoms with van der Waals surface area (Å²) >= 11 is 0. The zero-order chi connectivity index (χ0) is 18.2. The SMILES string of the molecule is C#CCn1nc(NC(=O)C2CC(F)(F)C2)c2cccc(OC(F)F)c21. The van der Waals surface area contributed by atoms with Crippen LogP contribution >= 0.6 is 0 Å². The Labute approximate surface area is 139 Å². The van der Waals surface area contributed by atoms with Crippen LogP contribution < -0.4 is 10.1 Å². The van der Waals surface area contributed by atoms with E-state index in [1.807, 2.05) is 0 Å². The molecule has 1 aliphatic carbocycles. The van der Waals surface area contributed by atoms with Crippen molar-refractivity contribution in [3.05, 3.63) is 18.2 Å². The summed E-state index contributed by atoms with van der Waals surface area (Å²) in [6.45, 7) is -3.09. The maximum absolute atomic E-state index is 12.9. The number of benzene rings is 1. The number of anilines is 1. The number of nitrogens with zero attached hydrogens (tertiary/aromatic N) is 2. The molecule has 0 aliphatic heterocycles. The fourth-order valence-electron chi connectivity index (χ4n) is 2.75. The molecule has 0 unspecified atom stereocenters. The van der Waals surface area contributed by atoms with E-state index in [0.29, 0.717) is 5.39 Å². The average molecular weight is 355 g/mol. The molecule has 25 heavy (non-hydrogen) atoms. The maximum Gasteiger partial charge on any atom is 0.387 e. The van der Waals surface area contributed by atoms with Gasteiger partial charge in [0.05, 0.1) is 0 Å². The minimum absolute atomic E-state index is 0.0442. The van der Waals surface area contributed by atoms with Crippen LogP contribution in [-0.4, -0.2) is 28.2 Å². The molecular formula is C16H13F4N3O2. The van der Waals surface area contributed by atoms with E-state index in [4.69, 9.17) is 6.42 Å². The number of nitrogens with one attached hydrogen (secondary N) is 1. The first kappa shape index (κ1) is 17.1. The molecule has 0 spiro atoms. The van der Waals surface area contributed by atoms with Gasteiger partial charge in [-0.05, 0) is 12.1 Å². The molecule has 1 fully saturated rings. The molecule has 1 N–H and O–H groups in total. The highest BCUT2D eigenvalue weighted by Crippen LogP contribution is 2.43. The molecule has 1 saturated carbocycles. The fourth-order valence-corrected chi connectivity index (χ4v) is 2.75. The van der Waals surface area contributed by atoms with E-state index in [0.717, 1.165) is 0 Å². The molecule has 132 valence electrons. The average Bonchev–Trinajstić information content (AvgIpc) is 2.83. The zero-order valence-corrected chi connectivity index (χ0v) is 12.8. The molecular weight excluding hydrogens is 342 g/mol. The van der Waals surface area contributed by atoms with Crippen LogP contribution in [0.1, 0.15) is 12.8 Å². The molecule has 0 atom stereocenters. The highest BCUT2D eigenvalue weighted by molar-refractivity contribution is 6.02. The van der Waals surface area contributed by atoms with Gasteiger partial charge in [-0.15, -0.1) is 6.42 Å². The van der Waals surface area contributed by atoms with Gasteiger partial charge in [-0.3, -0.25) is 4.79 Å². The zero-order valence-electron chi connectivity index (χ0n) is 12.8. The lowest BCUT2D eigenvalue weighted by molar-refractivity contribution is -0.145. The van der Waals surface area contributed by atoms with Crippen molar-refractivity contribution in [3.8, 4) is 18.1 Å². The Balaban J connectivity index is 1.93. The number of aromatic nitrogens is 2. The predicted molar refractivity (Wildman–Crippen MR) is 81.5 cm³/mol. The summed E-state index contributed by atoms with van der Waals surface area (Å²) in [4.78, 5) is 12.1. The van der Waals surface area contributed by atoms with Crippen molar-refractivity contribution < 1.29 is 27.1 Å². The smallest absolute Gasteiger partial charge is 0.387 e. The first-order valence-electron chi connectivity index (χ1n) is 7.37. The van der Waals surface area contributed by atoms with Crippen molar-refractivity contribution in [2.24, 2.45) is 5.92 Å². The van der Waals surface area contributed by atoms with E-state index in [9.17, 15) is 22.4 Å². The van der Waals surface area contributed by atoms with Crippen LogP contribution in [0, 0.1) is 18.3 Å². The number of terminal acetylenes is 1. The molecule has 3 rings (SSSR count). The van der Waals surface area contributed by atoms with Crippen LogP contribution in [0.4, 0.5) is 23.4 Å². The number of halogens is 4. The third kappa shape index (κ3) is 3.38. The lowest BCUT2D eigenvalue weighted by Crippen LogP contribution is -2.42. The minimum atomic E-state index is -3.05. The molecule has 0 radical (unpaired) electrons. The van der Waals surface area contributed by atoms with E-state index in [1.54, 1.807) is 6.07 Å². The summed E-state index contributed by atoms with van der Waals surface area (Å²) in [5, 5.41) is 6.89. The molecule has 1 heterocycles. The standard InChI is InChI=1S/C16H13F4N3O2/c1-2-6-23-12-10(4-3-5-11(12)25-15(17)18)13(22-23)21-14(24)9-7-16(19,20)8-9/h1,3-5,9,15H,6-8H2,(H,21,22,24). The third-order valence-electron chi connectivity index (χ3n) is 3.89. The Hall–Kier alpha value is -2.76. The number of carbonyl (C=O) groups excluding carboxylic acids is 1. The summed E-state index contributed by atoms with van der Waals surface area (Å²) in [6, 6.07) is 4.31. The van der Waals surface area contributed by atoms with Gasteiger partial charge in [0.2, 0.25) is 11.8 Å². The van der Waals surface area contributed by atoms with Crippen LogP contribution in [0.3, 0.4) is 0 Å².